The van der Waals surface area contributed by atoms with Gasteiger partial charge in [-0.25, -0.2) is 0 Å². The number of hydrogen-bond acceptors (Lipinski definition) is 3. The summed E-state index contributed by atoms with van der Waals surface area (Å²) in [5.74, 6) is 1.78. The minimum atomic E-state index is 0.478. The van der Waals surface area contributed by atoms with Crippen LogP contribution in [-0.2, 0) is 6.42 Å². The first-order valence-corrected chi connectivity index (χ1v) is 6.94. The molecule has 0 aliphatic carbocycles. The fourth-order valence-electron chi connectivity index (χ4n) is 3.32. The maximum absolute atomic E-state index is 5.93. The fourth-order valence-corrected chi connectivity index (χ4v) is 3.32. The number of rotatable bonds is 2. The summed E-state index contributed by atoms with van der Waals surface area (Å²) in [6.45, 7) is 2.75. The second kappa shape index (κ2) is 4.90. The van der Waals surface area contributed by atoms with Gasteiger partial charge in [-0.15, -0.1) is 0 Å². The number of fused-ring (bicyclic) bond motifs is 1. The third kappa shape index (κ3) is 2.02. The van der Waals surface area contributed by atoms with Crippen molar-refractivity contribution in [2.24, 2.45) is 11.7 Å². The largest absolute Gasteiger partial charge is 0.493 e. The van der Waals surface area contributed by atoms with Crippen LogP contribution in [0.2, 0.25) is 0 Å². The molecule has 0 bridgehead atoms. The van der Waals surface area contributed by atoms with E-state index in [9.17, 15) is 0 Å². The zero-order valence-corrected chi connectivity index (χ0v) is 11.1. The first-order valence-electron chi connectivity index (χ1n) is 6.94. The summed E-state index contributed by atoms with van der Waals surface area (Å²) in [6.07, 6.45) is 3.45. The van der Waals surface area contributed by atoms with Crippen LogP contribution in [0, 0.1) is 5.92 Å². The van der Waals surface area contributed by atoms with E-state index < -0.39 is 0 Å². The number of ether oxygens (including phenoxy) is 1. The molecule has 98 valence electrons. The molecule has 2 aliphatic heterocycles. The van der Waals surface area contributed by atoms with E-state index in [0.717, 1.165) is 44.7 Å². The van der Waals surface area contributed by atoms with Crippen molar-refractivity contribution in [2.75, 3.05) is 26.7 Å². The first-order chi connectivity index (χ1) is 8.79. The second-order valence-corrected chi connectivity index (χ2v) is 5.58. The van der Waals surface area contributed by atoms with Gasteiger partial charge in [-0.2, -0.15) is 0 Å². The van der Waals surface area contributed by atoms with Crippen LogP contribution in [-0.4, -0.2) is 31.6 Å². The van der Waals surface area contributed by atoms with Crippen molar-refractivity contribution in [3.05, 3.63) is 29.3 Å². The summed E-state index contributed by atoms with van der Waals surface area (Å²) in [4.78, 5) is 2.42. The average Bonchev–Trinajstić information content (AvgIpc) is 2.79. The lowest BCUT2D eigenvalue weighted by Gasteiger charge is -2.26. The maximum atomic E-state index is 5.93. The molecule has 1 aromatic rings. The van der Waals surface area contributed by atoms with Gasteiger partial charge < -0.3 is 10.5 Å². The number of nitrogens with zero attached hydrogens (tertiary/aromatic N) is 1. The molecule has 3 heteroatoms. The summed E-state index contributed by atoms with van der Waals surface area (Å²) in [7, 11) is 2.20. The molecule has 2 N–H and O–H groups in total. The Bertz CT molecular complexity index is 433. The number of benzene rings is 1. The van der Waals surface area contributed by atoms with Crippen LogP contribution < -0.4 is 10.5 Å². The fraction of sp³-hybridized carbons (Fsp3) is 0.600. The highest BCUT2D eigenvalue weighted by Crippen LogP contribution is 2.40. The van der Waals surface area contributed by atoms with Crippen LogP contribution in [0.15, 0.2) is 18.2 Å². The Labute approximate surface area is 109 Å². The lowest BCUT2D eigenvalue weighted by molar-refractivity contribution is 0.264. The Morgan fingerprint density at radius 1 is 1.44 bits per heavy atom. The molecule has 3 rings (SSSR count). The van der Waals surface area contributed by atoms with Crippen LogP contribution in [0.1, 0.15) is 30.0 Å². The van der Waals surface area contributed by atoms with Crippen molar-refractivity contribution in [3.8, 4) is 5.75 Å². The minimum Gasteiger partial charge on any atom is -0.493 e. The molecule has 1 saturated heterocycles. The van der Waals surface area contributed by atoms with E-state index in [1.165, 1.54) is 11.1 Å². The lowest BCUT2D eigenvalue weighted by atomic mass is 9.95. The van der Waals surface area contributed by atoms with E-state index in [1.54, 1.807) is 0 Å². The molecule has 1 fully saturated rings. The molecule has 2 heterocycles. The standard InChI is InChI=1S/C15H22N2O/c1-17-10-11(9-16)8-14(17)13-6-2-4-12-5-3-7-18-15(12)13/h2,4,6,11,14H,3,5,7-10,16H2,1H3. The Morgan fingerprint density at radius 2 is 2.33 bits per heavy atom. The Balaban J connectivity index is 1.92. The number of nitrogens with two attached hydrogens (primary N) is 1. The van der Waals surface area contributed by atoms with Crippen LogP contribution in [0.25, 0.3) is 0 Å². The molecule has 0 spiro atoms. The van der Waals surface area contributed by atoms with Crippen molar-refractivity contribution < 1.29 is 4.74 Å². The minimum absolute atomic E-state index is 0.478. The molecule has 0 aromatic heterocycles. The SMILES string of the molecule is CN1CC(CN)CC1c1cccc2c1OCCC2. The molecule has 0 amide bonds. The molecule has 2 atom stereocenters. The third-order valence-electron chi connectivity index (χ3n) is 4.29. The van der Waals surface area contributed by atoms with Gasteiger partial charge in [0.15, 0.2) is 0 Å². The highest BCUT2D eigenvalue weighted by Gasteiger charge is 2.32. The normalized spacial score (nSPS) is 27.9. The zero-order valence-electron chi connectivity index (χ0n) is 11.1. The average molecular weight is 246 g/mol. The molecule has 0 radical (unpaired) electrons. The van der Waals surface area contributed by atoms with Gasteiger partial charge in [-0.3, -0.25) is 4.90 Å². The van der Waals surface area contributed by atoms with Gasteiger partial charge in [0, 0.05) is 18.2 Å². The highest BCUT2D eigenvalue weighted by atomic mass is 16.5. The Morgan fingerprint density at radius 3 is 3.11 bits per heavy atom. The number of para-hydroxylation sites is 1. The summed E-state index contributed by atoms with van der Waals surface area (Å²) in [5, 5.41) is 0. The van der Waals surface area contributed by atoms with Crippen LogP contribution in [0.3, 0.4) is 0 Å². The number of aryl methyl sites for hydroxylation is 1. The van der Waals surface area contributed by atoms with Gasteiger partial charge in [0.25, 0.3) is 0 Å². The maximum Gasteiger partial charge on any atom is 0.127 e. The van der Waals surface area contributed by atoms with Gasteiger partial charge >= 0.3 is 0 Å². The first kappa shape index (κ1) is 12.0. The quantitative estimate of drug-likeness (QED) is 0.867. The second-order valence-electron chi connectivity index (χ2n) is 5.58. The van der Waals surface area contributed by atoms with E-state index in [1.807, 2.05) is 0 Å². The van der Waals surface area contributed by atoms with Crippen LogP contribution in [0.4, 0.5) is 0 Å². The van der Waals surface area contributed by atoms with Crippen LogP contribution in [0.5, 0.6) is 5.75 Å². The monoisotopic (exact) mass is 246 g/mol. The van der Waals surface area contributed by atoms with E-state index in [2.05, 4.69) is 30.1 Å². The van der Waals surface area contributed by atoms with E-state index >= 15 is 0 Å². The molecule has 2 unspecified atom stereocenters. The third-order valence-corrected chi connectivity index (χ3v) is 4.29. The van der Waals surface area contributed by atoms with E-state index in [4.69, 9.17) is 10.5 Å². The van der Waals surface area contributed by atoms with Gasteiger partial charge in [-0.05, 0) is 44.3 Å². The van der Waals surface area contributed by atoms with Crippen LogP contribution >= 0.6 is 0 Å². The van der Waals surface area contributed by atoms with Crippen molar-refractivity contribution in [3.63, 3.8) is 0 Å². The van der Waals surface area contributed by atoms with Gasteiger partial charge in [0.1, 0.15) is 5.75 Å². The van der Waals surface area contributed by atoms with Crippen molar-refractivity contribution >= 4 is 0 Å². The van der Waals surface area contributed by atoms with E-state index in [-0.39, 0.29) is 0 Å². The molecular formula is C15H22N2O. The van der Waals surface area contributed by atoms with Gasteiger partial charge in [-0.1, -0.05) is 18.2 Å². The highest BCUT2D eigenvalue weighted by molar-refractivity contribution is 5.44. The summed E-state index contributed by atoms with van der Waals surface area (Å²) < 4.78 is 5.93. The number of hydrogen-bond donors (Lipinski definition) is 1. The summed E-state index contributed by atoms with van der Waals surface area (Å²) >= 11 is 0. The number of likely N-dealkylation sites (tertiary alicyclic amines) is 1. The van der Waals surface area contributed by atoms with Crippen molar-refractivity contribution in [1.82, 2.24) is 4.90 Å². The summed E-state index contributed by atoms with van der Waals surface area (Å²) in [6, 6.07) is 7.08. The molecule has 18 heavy (non-hydrogen) atoms. The van der Waals surface area contributed by atoms with Gasteiger partial charge in [0.2, 0.25) is 0 Å². The Hall–Kier alpha value is -1.06. The molecule has 0 saturated carbocycles. The summed E-state index contributed by atoms with van der Waals surface area (Å²) in [5.41, 5.74) is 8.56. The van der Waals surface area contributed by atoms with Crippen molar-refractivity contribution in [1.29, 1.82) is 0 Å². The van der Waals surface area contributed by atoms with Crippen molar-refractivity contribution in [2.45, 2.75) is 25.3 Å². The zero-order chi connectivity index (χ0) is 12.5. The topological polar surface area (TPSA) is 38.5 Å². The predicted molar refractivity (Wildman–Crippen MR) is 72.8 cm³/mol. The Kier molecular flexibility index (Phi) is 3.27. The van der Waals surface area contributed by atoms with E-state index in [0.29, 0.717) is 12.0 Å². The van der Waals surface area contributed by atoms with Gasteiger partial charge in [0.05, 0.1) is 6.61 Å². The predicted octanol–water partition coefficient (Wildman–Crippen LogP) is 1.96. The molecule has 1 aromatic carbocycles. The molecule has 3 nitrogen and oxygen atoms in total. The lowest BCUT2D eigenvalue weighted by Crippen LogP contribution is -2.21. The smallest absolute Gasteiger partial charge is 0.127 e. The molecule has 2 aliphatic rings. The molecular weight excluding hydrogens is 224 g/mol.